The zero-order valence-electron chi connectivity index (χ0n) is 12.3. The van der Waals surface area contributed by atoms with Crippen molar-refractivity contribution >= 4 is 46.6 Å². The molecule has 0 fully saturated rings. The van der Waals surface area contributed by atoms with Crippen LogP contribution in [-0.4, -0.2) is 26.4 Å². The molecular weight excluding hydrogens is 343 g/mol. The smallest absolute Gasteiger partial charge is 0.234 e. The fourth-order valence-electron chi connectivity index (χ4n) is 1.87. The van der Waals surface area contributed by atoms with Gasteiger partial charge in [-0.05, 0) is 25.5 Å². The van der Waals surface area contributed by atoms with Gasteiger partial charge in [0.15, 0.2) is 5.16 Å². The lowest BCUT2D eigenvalue weighted by molar-refractivity contribution is -0.113. The maximum absolute atomic E-state index is 12.0. The first-order valence-electron chi connectivity index (χ1n) is 6.79. The van der Waals surface area contributed by atoms with Crippen LogP contribution in [0.15, 0.2) is 23.4 Å². The summed E-state index contributed by atoms with van der Waals surface area (Å²) in [5, 5.41) is 12.4. The Bertz CT molecular complexity index is 675. The van der Waals surface area contributed by atoms with Crippen LogP contribution in [0.3, 0.4) is 0 Å². The zero-order chi connectivity index (χ0) is 16.1. The Kier molecular flexibility index (Phi) is 6.11. The Morgan fingerprint density at radius 3 is 2.86 bits per heavy atom. The van der Waals surface area contributed by atoms with Gasteiger partial charge in [0.2, 0.25) is 5.91 Å². The van der Waals surface area contributed by atoms with E-state index in [4.69, 9.17) is 23.2 Å². The number of thioether (sulfide) groups is 1. The van der Waals surface area contributed by atoms with Crippen LogP contribution >= 0.6 is 35.0 Å². The summed E-state index contributed by atoms with van der Waals surface area (Å²) in [6.45, 7) is 4.82. The second kappa shape index (κ2) is 7.85. The number of carbonyl (C=O) groups excluding carboxylic acids is 1. The van der Waals surface area contributed by atoms with Crippen molar-refractivity contribution in [2.45, 2.75) is 32.0 Å². The first kappa shape index (κ1) is 17.1. The fraction of sp³-hybridized carbons (Fsp3) is 0.357. The lowest BCUT2D eigenvalue weighted by Gasteiger charge is -2.09. The van der Waals surface area contributed by atoms with Crippen molar-refractivity contribution in [1.29, 1.82) is 0 Å². The molecule has 0 spiro atoms. The minimum Gasteiger partial charge on any atom is -0.324 e. The molecule has 22 heavy (non-hydrogen) atoms. The van der Waals surface area contributed by atoms with Crippen molar-refractivity contribution in [3.63, 3.8) is 0 Å². The van der Waals surface area contributed by atoms with E-state index >= 15 is 0 Å². The largest absolute Gasteiger partial charge is 0.324 e. The number of hydrogen-bond donors (Lipinski definition) is 1. The summed E-state index contributed by atoms with van der Waals surface area (Å²) in [4.78, 5) is 12.0. The highest BCUT2D eigenvalue weighted by molar-refractivity contribution is 7.99. The number of aryl methyl sites for hydroxylation is 1. The third kappa shape index (κ3) is 4.15. The van der Waals surface area contributed by atoms with E-state index in [2.05, 4.69) is 22.4 Å². The van der Waals surface area contributed by atoms with E-state index in [1.807, 2.05) is 11.5 Å². The molecule has 1 amide bonds. The average molecular weight is 359 g/mol. The van der Waals surface area contributed by atoms with Gasteiger partial charge < -0.3 is 9.88 Å². The number of halogens is 2. The number of anilines is 1. The number of amides is 1. The molecule has 2 rings (SSSR count). The van der Waals surface area contributed by atoms with Gasteiger partial charge in [0.25, 0.3) is 0 Å². The molecule has 1 aromatic carbocycles. The molecular formula is C14H16Cl2N4OS. The molecule has 5 nitrogen and oxygen atoms in total. The molecule has 2 aromatic rings. The second-order valence-corrected chi connectivity index (χ2v) is 6.35. The lowest BCUT2D eigenvalue weighted by atomic mass is 10.3. The van der Waals surface area contributed by atoms with Crippen LogP contribution in [0.2, 0.25) is 10.0 Å². The van der Waals surface area contributed by atoms with Gasteiger partial charge in [-0.3, -0.25) is 4.79 Å². The summed E-state index contributed by atoms with van der Waals surface area (Å²) in [5.74, 6) is 0.908. The van der Waals surface area contributed by atoms with E-state index in [1.165, 1.54) is 11.8 Å². The molecule has 0 saturated heterocycles. The first-order valence-corrected chi connectivity index (χ1v) is 8.53. The normalized spacial score (nSPS) is 10.7. The SMILES string of the molecule is CCCn1c(C)nnc1SCC(=O)Nc1cccc(Cl)c1Cl. The van der Waals surface area contributed by atoms with E-state index in [-0.39, 0.29) is 11.7 Å². The fourth-order valence-corrected chi connectivity index (χ4v) is 3.02. The zero-order valence-corrected chi connectivity index (χ0v) is 14.6. The molecule has 0 saturated carbocycles. The van der Waals surface area contributed by atoms with Gasteiger partial charge in [0, 0.05) is 6.54 Å². The van der Waals surface area contributed by atoms with E-state index < -0.39 is 0 Å². The van der Waals surface area contributed by atoms with Crippen LogP contribution in [0.1, 0.15) is 19.2 Å². The Balaban J connectivity index is 1.97. The van der Waals surface area contributed by atoms with Gasteiger partial charge in [-0.1, -0.05) is 48.0 Å². The van der Waals surface area contributed by atoms with Gasteiger partial charge in [-0.2, -0.15) is 0 Å². The van der Waals surface area contributed by atoms with Crippen molar-refractivity contribution in [3.8, 4) is 0 Å². The van der Waals surface area contributed by atoms with Gasteiger partial charge >= 0.3 is 0 Å². The highest BCUT2D eigenvalue weighted by Crippen LogP contribution is 2.29. The Morgan fingerprint density at radius 2 is 2.14 bits per heavy atom. The van der Waals surface area contributed by atoms with Crippen LogP contribution in [0, 0.1) is 6.92 Å². The topological polar surface area (TPSA) is 59.8 Å². The number of nitrogens with zero attached hydrogens (tertiary/aromatic N) is 3. The van der Waals surface area contributed by atoms with Crippen LogP contribution in [0.4, 0.5) is 5.69 Å². The minimum atomic E-state index is -0.169. The highest BCUT2D eigenvalue weighted by atomic mass is 35.5. The van der Waals surface area contributed by atoms with E-state index in [1.54, 1.807) is 18.2 Å². The maximum atomic E-state index is 12.0. The summed E-state index contributed by atoms with van der Waals surface area (Å²) in [6.07, 6.45) is 0.983. The van der Waals surface area contributed by atoms with Crippen LogP contribution in [-0.2, 0) is 11.3 Å². The van der Waals surface area contributed by atoms with E-state index in [0.29, 0.717) is 15.7 Å². The molecule has 0 radical (unpaired) electrons. The number of nitrogens with one attached hydrogen (secondary N) is 1. The number of hydrogen-bond acceptors (Lipinski definition) is 4. The minimum absolute atomic E-state index is 0.169. The molecule has 0 unspecified atom stereocenters. The molecule has 1 heterocycles. The number of rotatable bonds is 6. The summed E-state index contributed by atoms with van der Waals surface area (Å²) in [6, 6.07) is 5.11. The molecule has 0 atom stereocenters. The van der Waals surface area contributed by atoms with Crippen molar-refractivity contribution < 1.29 is 4.79 Å². The summed E-state index contributed by atoms with van der Waals surface area (Å²) < 4.78 is 2.00. The Labute approximate surface area is 143 Å². The highest BCUT2D eigenvalue weighted by Gasteiger charge is 2.12. The molecule has 0 aliphatic rings. The molecule has 1 aromatic heterocycles. The van der Waals surface area contributed by atoms with Crippen LogP contribution in [0.25, 0.3) is 0 Å². The van der Waals surface area contributed by atoms with Gasteiger partial charge in [0.1, 0.15) is 5.82 Å². The summed E-state index contributed by atoms with van der Waals surface area (Å²) in [7, 11) is 0. The van der Waals surface area contributed by atoms with Gasteiger partial charge in [0.05, 0.1) is 21.5 Å². The number of aromatic nitrogens is 3. The predicted octanol–water partition coefficient (Wildman–Crippen LogP) is 4.03. The monoisotopic (exact) mass is 358 g/mol. The maximum Gasteiger partial charge on any atom is 0.234 e. The standard InChI is InChI=1S/C14H16Cl2N4OS/c1-3-7-20-9(2)18-19-14(20)22-8-12(21)17-11-6-4-5-10(15)13(11)16/h4-6H,3,7-8H2,1-2H3,(H,17,21). The molecule has 8 heteroatoms. The Hall–Kier alpha value is -1.24. The molecule has 0 bridgehead atoms. The summed E-state index contributed by atoms with van der Waals surface area (Å²) >= 11 is 13.3. The molecule has 118 valence electrons. The van der Waals surface area contributed by atoms with Crippen molar-refractivity contribution in [2.24, 2.45) is 0 Å². The predicted molar refractivity (Wildman–Crippen MR) is 90.9 cm³/mol. The number of benzene rings is 1. The molecule has 1 N–H and O–H groups in total. The molecule has 0 aliphatic carbocycles. The summed E-state index contributed by atoms with van der Waals surface area (Å²) in [5.41, 5.74) is 0.506. The van der Waals surface area contributed by atoms with E-state index in [0.717, 1.165) is 23.9 Å². The van der Waals surface area contributed by atoms with Gasteiger partial charge in [-0.15, -0.1) is 10.2 Å². The van der Waals surface area contributed by atoms with Crippen LogP contribution in [0.5, 0.6) is 0 Å². The van der Waals surface area contributed by atoms with Gasteiger partial charge in [-0.25, -0.2) is 0 Å². The van der Waals surface area contributed by atoms with Crippen molar-refractivity contribution in [1.82, 2.24) is 14.8 Å². The second-order valence-electron chi connectivity index (χ2n) is 4.62. The Morgan fingerprint density at radius 1 is 1.36 bits per heavy atom. The third-order valence-corrected chi connectivity index (χ3v) is 4.69. The van der Waals surface area contributed by atoms with Crippen molar-refractivity contribution in [3.05, 3.63) is 34.1 Å². The first-order chi connectivity index (χ1) is 10.5. The number of carbonyl (C=O) groups is 1. The molecule has 0 aliphatic heterocycles. The quantitative estimate of drug-likeness (QED) is 0.791. The van der Waals surface area contributed by atoms with E-state index in [9.17, 15) is 4.79 Å². The lowest BCUT2D eigenvalue weighted by Crippen LogP contribution is -2.15. The van der Waals surface area contributed by atoms with Crippen molar-refractivity contribution in [2.75, 3.05) is 11.1 Å². The third-order valence-electron chi connectivity index (χ3n) is 2.91. The van der Waals surface area contributed by atoms with Crippen LogP contribution < -0.4 is 5.32 Å². The average Bonchev–Trinajstić information content (AvgIpc) is 2.83.